The Morgan fingerprint density at radius 2 is 2.27 bits per heavy atom. The normalized spacial score (nSPS) is 10.1. The Bertz CT molecular complexity index is 456. The Hall–Kier alpha value is -1.55. The highest BCUT2D eigenvalue weighted by Gasteiger charge is 2.19. The molecule has 1 aromatic heterocycles. The zero-order valence-electron chi connectivity index (χ0n) is 7.17. The molecule has 0 radical (unpaired) electrons. The lowest BCUT2D eigenvalue weighted by atomic mass is 10.1. The molecule has 0 aliphatic rings. The number of nitriles is 1. The first kappa shape index (κ1) is 11.5. The van der Waals surface area contributed by atoms with E-state index in [2.05, 4.69) is 20.9 Å². The lowest BCUT2D eigenvalue weighted by Gasteiger charge is -2.05. The van der Waals surface area contributed by atoms with Gasteiger partial charge in [-0.05, 0) is 22.0 Å². The first-order valence-corrected chi connectivity index (χ1v) is 4.45. The van der Waals surface area contributed by atoms with Crippen molar-refractivity contribution in [2.45, 2.75) is 6.43 Å². The van der Waals surface area contributed by atoms with Crippen molar-refractivity contribution < 1.29 is 13.6 Å². The monoisotopic (exact) mass is 275 g/mol. The molecule has 0 aliphatic heterocycles. The van der Waals surface area contributed by atoms with Crippen LogP contribution in [0.15, 0.2) is 10.7 Å². The fourth-order valence-electron chi connectivity index (χ4n) is 0.967. The van der Waals surface area contributed by atoms with Gasteiger partial charge in [0.15, 0.2) is 0 Å². The quantitative estimate of drug-likeness (QED) is 0.835. The van der Waals surface area contributed by atoms with Gasteiger partial charge in [-0.25, -0.2) is 13.8 Å². The molecule has 0 fully saturated rings. The highest BCUT2D eigenvalue weighted by Crippen LogP contribution is 2.24. The van der Waals surface area contributed by atoms with E-state index in [1.807, 2.05) is 0 Å². The van der Waals surface area contributed by atoms with E-state index in [0.29, 0.717) is 0 Å². The lowest BCUT2D eigenvalue weighted by Crippen LogP contribution is -2.15. The van der Waals surface area contributed by atoms with Crippen molar-refractivity contribution in [3.63, 3.8) is 0 Å². The van der Waals surface area contributed by atoms with Crippen LogP contribution in [-0.2, 0) is 0 Å². The van der Waals surface area contributed by atoms with Gasteiger partial charge in [0.2, 0.25) is 0 Å². The fourth-order valence-corrected chi connectivity index (χ4v) is 1.58. The Balaban J connectivity index is 3.46. The molecule has 7 heteroatoms. The van der Waals surface area contributed by atoms with Gasteiger partial charge in [-0.2, -0.15) is 5.26 Å². The highest BCUT2D eigenvalue weighted by atomic mass is 79.9. The van der Waals surface area contributed by atoms with Gasteiger partial charge in [-0.15, -0.1) is 0 Å². The number of halogens is 3. The molecule has 0 spiro atoms. The number of carbonyl (C=O) groups is 1. The van der Waals surface area contributed by atoms with Crippen LogP contribution < -0.4 is 5.73 Å². The van der Waals surface area contributed by atoms with Crippen LogP contribution in [0.5, 0.6) is 0 Å². The van der Waals surface area contributed by atoms with E-state index in [4.69, 9.17) is 11.0 Å². The molecule has 15 heavy (non-hydrogen) atoms. The molecule has 0 saturated heterocycles. The number of nitrogens with zero attached hydrogens (tertiary/aromatic N) is 2. The maximum Gasteiger partial charge on any atom is 0.280 e. The number of primary amides is 1. The third-order valence-corrected chi connectivity index (χ3v) is 2.16. The van der Waals surface area contributed by atoms with E-state index in [1.54, 1.807) is 6.07 Å². The minimum absolute atomic E-state index is 0.149. The zero-order chi connectivity index (χ0) is 11.6. The molecule has 1 aromatic rings. The molecule has 1 amide bonds. The second-order valence-corrected chi connectivity index (χ2v) is 3.29. The summed E-state index contributed by atoms with van der Waals surface area (Å²) in [7, 11) is 0. The van der Waals surface area contributed by atoms with Crippen LogP contribution in [0.2, 0.25) is 0 Å². The van der Waals surface area contributed by atoms with Crippen LogP contribution in [0.25, 0.3) is 0 Å². The number of amides is 1. The highest BCUT2D eigenvalue weighted by molar-refractivity contribution is 9.10. The van der Waals surface area contributed by atoms with Crippen LogP contribution in [0.4, 0.5) is 8.78 Å². The van der Waals surface area contributed by atoms with E-state index in [1.165, 1.54) is 0 Å². The number of hydrogen-bond donors (Lipinski definition) is 1. The van der Waals surface area contributed by atoms with Gasteiger partial charge in [-0.1, -0.05) is 0 Å². The predicted molar refractivity (Wildman–Crippen MR) is 50.1 cm³/mol. The van der Waals surface area contributed by atoms with Crippen molar-refractivity contribution >= 4 is 21.8 Å². The molecular weight excluding hydrogens is 272 g/mol. The van der Waals surface area contributed by atoms with Crippen molar-refractivity contribution in [3.05, 3.63) is 27.5 Å². The van der Waals surface area contributed by atoms with Crippen molar-refractivity contribution in [3.8, 4) is 6.07 Å². The summed E-state index contributed by atoms with van der Waals surface area (Å²) >= 11 is 2.81. The molecule has 1 rings (SSSR count). The van der Waals surface area contributed by atoms with Gasteiger partial charge >= 0.3 is 0 Å². The standard InChI is InChI=1S/C8H4BrF2N3O/c9-6-5(8(13)15)3(2-12)1-4(14-6)7(10)11/h1,7H,(H2,13,15). The second kappa shape index (κ2) is 4.31. The summed E-state index contributed by atoms with van der Waals surface area (Å²) in [6.07, 6.45) is -2.81. The number of aromatic nitrogens is 1. The number of hydrogen-bond acceptors (Lipinski definition) is 3. The summed E-state index contributed by atoms with van der Waals surface area (Å²) in [5, 5.41) is 8.65. The average molecular weight is 276 g/mol. The Morgan fingerprint density at radius 1 is 1.67 bits per heavy atom. The van der Waals surface area contributed by atoms with Gasteiger partial charge in [0.25, 0.3) is 12.3 Å². The van der Waals surface area contributed by atoms with Gasteiger partial charge in [-0.3, -0.25) is 4.79 Å². The smallest absolute Gasteiger partial charge is 0.280 e. The summed E-state index contributed by atoms with van der Waals surface area (Å²) in [6, 6.07) is 2.45. The Labute approximate surface area is 91.8 Å². The van der Waals surface area contributed by atoms with Crippen molar-refractivity contribution in [2.24, 2.45) is 5.73 Å². The predicted octanol–water partition coefficient (Wildman–Crippen LogP) is 1.75. The third kappa shape index (κ3) is 2.27. The number of pyridine rings is 1. The van der Waals surface area contributed by atoms with Crippen LogP contribution in [-0.4, -0.2) is 10.9 Å². The van der Waals surface area contributed by atoms with E-state index < -0.39 is 18.0 Å². The molecular formula is C8H4BrF2N3O. The van der Waals surface area contributed by atoms with E-state index in [9.17, 15) is 13.6 Å². The molecule has 2 N–H and O–H groups in total. The number of nitrogens with two attached hydrogens (primary N) is 1. The number of alkyl halides is 2. The molecule has 0 unspecified atom stereocenters. The summed E-state index contributed by atoms with van der Waals surface area (Å²) in [6.45, 7) is 0. The minimum Gasteiger partial charge on any atom is -0.365 e. The summed E-state index contributed by atoms with van der Waals surface area (Å²) in [5.74, 6) is -0.897. The Morgan fingerprint density at radius 3 is 2.67 bits per heavy atom. The molecule has 4 nitrogen and oxygen atoms in total. The molecule has 1 heterocycles. The molecule has 0 aliphatic carbocycles. The molecule has 0 saturated carbocycles. The van der Waals surface area contributed by atoms with E-state index in [-0.39, 0.29) is 15.7 Å². The van der Waals surface area contributed by atoms with E-state index in [0.717, 1.165) is 6.07 Å². The summed E-state index contributed by atoms with van der Waals surface area (Å²) in [5.41, 5.74) is 3.97. The largest absolute Gasteiger partial charge is 0.365 e. The van der Waals surface area contributed by atoms with Crippen LogP contribution in [0.3, 0.4) is 0 Å². The first-order chi connectivity index (χ1) is 6.97. The van der Waals surface area contributed by atoms with Crippen LogP contribution in [0.1, 0.15) is 28.0 Å². The fraction of sp³-hybridized carbons (Fsp3) is 0.125. The topological polar surface area (TPSA) is 79.8 Å². The Kier molecular flexibility index (Phi) is 3.31. The zero-order valence-corrected chi connectivity index (χ0v) is 8.75. The minimum atomic E-state index is -2.81. The van der Waals surface area contributed by atoms with Gasteiger partial charge in [0, 0.05) is 0 Å². The van der Waals surface area contributed by atoms with Gasteiger partial charge < -0.3 is 5.73 Å². The maximum absolute atomic E-state index is 12.3. The number of rotatable bonds is 2. The van der Waals surface area contributed by atoms with E-state index >= 15 is 0 Å². The van der Waals surface area contributed by atoms with Crippen molar-refractivity contribution in [2.75, 3.05) is 0 Å². The van der Waals surface area contributed by atoms with Crippen LogP contribution >= 0.6 is 15.9 Å². The second-order valence-electron chi connectivity index (χ2n) is 2.54. The van der Waals surface area contributed by atoms with Gasteiger partial charge in [0.1, 0.15) is 16.4 Å². The average Bonchev–Trinajstić information content (AvgIpc) is 2.15. The molecule has 0 bridgehead atoms. The number of carbonyl (C=O) groups excluding carboxylic acids is 1. The third-order valence-electron chi connectivity index (χ3n) is 1.59. The summed E-state index contributed by atoms with van der Waals surface area (Å²) in [4.78, 5) is 14.3. The van der Waals surface area contributed by atoms with Crippen molar-refractivity contribution in [1.29, 1.82) is 5.26 Å². The first-order valence-electron chi connectivity index (χ1n) is 3.66. The van der Waals surface area contributed by atoms with Crippen LogP contribution in [0, 0.1) is 11.3 Å². The molecule has 0 aromatic carbocycles. The maximum atomic E-state index is 12.3. The lowest BCUT2D eigenvalue weighted by molar-refractivity contribution is 0.0997. The molecule has 0 atom stereocenters. The molecule has 78 valence electrons. The summed E-state index contributed by atoms with van der Waals surface area (Å²) < 4.78 is 24.4. The van der Waals surface area contributed by atoms with Crippen molar-refractivity contribution in [1.82, 2.24) is 4.98 Å². The SMILES string of the molecule is N#Cc1cc(C(F)F)nc(Br)c1C(N)=O. The van der Waals surface area contributed by atoms with Gasteiger partial charge in [0.05, 0.1) is 11.1 Å².